The minimum Gasteiger partial charge on any atom is -0.493 e. The molecule has 29 heavy (non-hydrogen) atoms. The maximum Gasteiger partial charge on any atom is 0.252 e. The van der Waals surface area contributed by atoms with E-state index in [1.807, 2.05) is 35.0 Å². The molecule has 1 aromatic heterocycles. The topological polar surface area (TPSA) is 79.9 Å². The van der Waals surface area contributed by atoms with E-state index in [2.05, 4.69) is 15.5 Å². The molecule has 0 radical (unpaired) electrons. The molecule has 2 N–H and O–H groups in total. The van der Waals surface area contributed by atoms with Crippen LogP contribution in [0.3, 0.4) is 0 Å². The molecule has 2 aromatic rings. The van der Waals surface area contributed by atoms with Gasteiger partial charge in [-0.2, -0.15) is 11.3 Å². The number of carbonyl (C=O) groups is 2. The lowest BCUT2D eigenvalue weighted by atomic mass is 10.0. The number of likely N-dealkylation sites (tertiary alicyclic amines) is 1. The Bertz CT molecular complexity index is 817. The highest BCUT2D eigenvalue weighted by molar-refractivity contribution is 7.08. The number of hydrogen-bond donors (Lipinski definition) is 2. The summed E-state index contributed by atoms with van der Waals surface area (Å²) in [6, 6.07) is 7.59. The van der Waals surface area contributed by atoms with Gasteiger partial charge in [-0.3, -0.25) is 14.5 Å². The zero-order valence-corrected chi connectivity index (χ0v) is 17.6. The summed E-state index contributed by atoms with van der Waals surface area (Å²) >= 11 is 1.52. The average molecular weight is 418 g/mol. The van der Waals surface area contributed by atoms with E-state index in [9.17, 15) is 9.59 Å². The second kappa shape index (κ2) is 10.3. The van der Waals surface area contributed by atoms with Crippen LogP contribution in [0, 0.1) is 0 Å². The van der Waals surface area contributed by atoms with E-state index in [0.29, 0.717) is 30.2 Å². The monoisotopic (exact) mass is 417 g/mol. The molecule has 0 aliphatic carbocycles. The molecule has 1 fully saturated rings. The number of ether oxygens (including phenoxy) is 2. The summed E-state index contributed by atoms with van der Waals surface area (Å²) in [5.41, 5.74) is 1.66. The minimum atomic E-state index is -0.0163. The lowest BCUT2D eigenvalue weighted by Crippen LogP contribution is -2.47. The molecule has 2 heterocycles. The van der Waals surface area contributed by atoms with Crippen LogP contribution in [0.1, 0.15) is 28.8 Å². The maximum absolute atomic E-state index is 12.3. The Morgan fingerprint density at radius 1 is 1.14 bits per heavy atom. The van der Waals surface area contributed by atoms with Crippen molar-refractivity contribution in [3.63, 3.8) is 0 Å². The Labute approximate surface area is 175 Å². The number of hydrogen-bond acceptors (Lipinski definition) is 6. The summed E-state index contributed by atoms with van der Waals surface area (Å²) in [5.74, 6) is 1.28. The number of thiophene rings is 1. The number of rotatable bonds is 8. The van der Waals surface area contributed by atoms with Gasteiger partial charge in [-0.05, 0) is 42.0 Å². The van der Waals surface area contributed by atoms with Crippen LogP contribution < -0.4 is 20.1 Å². The van der Waals surface area contributed by atoms with E-state index >= 15 is 0 Å². The summed E-state index contributed by atoms with van der Waals surface area (Å²) in [4.78, 5) is 26.6. The fraction of sp³-hybridized carbons (Fsp3) is 0.429. The summed E-state index contributed by atoms with van der Waals surface area (Å²) in [6.45, 7) is 2.38. The summed E-state index contributed by atoms with van der Waals surface area (Å²) < 4.78 is 10.5. The Balaban J connectivity index is 1.39. The Kier molecular flexibility index (Phi) is 7.48. The molecule has 2 amide bonds. The first-order valence-electron chi connectivity index (χ1n) is 9.62. The van der Waals surface area contributed by atoms with Gasteiger partial charge in [0.1, 0.15) is 0 Å². The largest absolute Gasteiger partial charge is 0.493 e. The van der Waals surface area contributed by atoms with E-state index in [1.165, 1.54) is 11.3 Å². The van der Waals surface area contributed by atoms with E-state index in [1.54, 1.807) is 14.2 Å². The molecule has 7 nitrogen and oxygen atoms in total. The smallest absolute Gasteiger partial charge is 0.252 e. The lowest BCUT2D eigenvalue weighted by molar-refractivity contribution is -0.122. The van der Waals surface area contributed by atoms with Crippen molar-refractivity contribution in [3.05, 3.63) is 46.2 Å². The van der Waals surface area contributed by atoms with Crippen molar-refractivity contribution in [3.8, 4) is 11.5 Å². The zero-order valence-electron chi connectivity index (χ0n) is 16.8. The fourth-order valence-electron chi connectivity index (χ4n) is 3.35. The number of amides is 2. The second-order valence-corrected chi connectivity index (χ2v) is 7.78. The average Bonchev–Trinajstić information content (AvgIpc) is 3.28. The third kappa shape index (κ3) is 5.95. The molecule has 3 rings (SSSR count). The van der Waals surface area contributed by atoms with Crippen LogP contribution in [0.2, 0.25) is 0 Å². The van der Waals surface area contributed by atoms with Gasteiger partial charge >= 0.3 is 0 Å². The number of methoxy groups -OCH3 is 2. The predicted octanol–water partition coefficient (Wildman–Crippen LogP) is 2.28. The molecule has 8 heteroatoms. The minimum absolute atomic E-state index is 0.0134. The van der Waals surface area contributed by atoms with Crippen LogP contribution in [0.25, 0.3) is 0 Å². The summed E-state index contributed by atoms with van der Waals surface area (Å²) in [7, 11) is 3.18. The van der Waals surface area contributed by atoms with E-state index in [4.69, 9.17) is 9.47 Å². The van der Waals surface area contributed by atoms with Crippen LogP contribution in [0.15, 0.2) is 35.0 Å². The first-order chi connectivity index (χ1) is 14.1. The van der Waals surface area contributed by atoms with Gasteiger partial charge in [-0.1, -0.05) is 6.07 Å². The normalized spacial score (nSPS) is 15.0. The van der Waals surface area contributed by atoms with Crippen molar-refractivity contribution in [2.45, 2.75) is 25.4 Å². The Morgan fingerprint density at radius 3 is 2.55 bits per heavy atom. The van der Waals surface area contributed by atoms with Crippen molar-refractivity contribution < 1.29 is 19.1 Å². The van der Waals surface area contributed by atoms with Crippen LogP contribution in [-0.2, 0) is 11.3 Å². The lowest BCUT2D eigenvalue weighted by Gasteiger charge is -2.31. The fourth-order valence-corrected chi connectivity index (χ4v) is 3.98. The van der Waals surface area contributed by atoms with Gasteiger partial charge < -0.3 is 20.1 Å². The molecule has 156 valence electrons. The highest BCUT2D eigenvalue weighted by Gasteiger charge is 2.22. The molecule has 1 aliphatic rings. The third-order valence-electron chi connectivity index (χ3n) is 5.01. The van der Waals surface area contributed by atoms with Gasteiger partial charge in [-0.15, -0.1) is 0 Å². The predicted molar refractivity (Wildman–Crippen MR) is 113 cm³/mol. The quantitative estimate of drug-likeness (QED) is 0.689. The van der Waals surface area contributed by atoms with Gasteiger partial charge in [0.15, 0.2) is 11.5 Å². The first kappa shape index (κ1) is 21.1. The standard InChI is InChI=1S/C21H27N3O4S/c1-27-18-4-3-15(11-19(18)28-2)12-22-20(25)13-24-8-5-17(6-9-24)23-21(26)16-7-10-29-14-16/h3-4,7,10-11,14,17H,5-6,8-9,12-13H2,1-2H3,(H,22,25)(H,23,26). The highest BCUT2D eigenvalue weighted by atomic mass is 32.1. The van der Waals surface area contributed by atoms with Gasteiger partial charge in [0, 0.05) is 36.6 Å². The molecule has 0 spiro atoms. The summed E-state index contributed by atoms with van der Waals surface area (Å²) in [5, 5.41) is 9.79. The van der Waals surface area contributed by atoms with Gasteiger partial charge in [-0.25, -0.2) is 0 Å². The van der Waals surface area contributed by atoms with Crippen molar-refractivity contribution in [2.75, 3.05) is 33.9 Å². The molecule has 0 bridgehead atoms. The van der Waals surface area contributed by atoms with E-state index < -0.39 is 0 Å². The number of nitrogens with zero attached hydrogens (tertiary/aromatic N) is 1. The van der Waals surface area contributed by atoms with Crippen LogP contribution in [0.4, 0.5) is 0 Å². The van der Waals surface area contributed by atoms with Crippen molar-refractivity contribution in [1.82, 2.24) is 15.5 Å². The number of benzene rings is 1. The van der Waals surface area contributed by atoms with Crippen LogP contribution in [-0.4, -0.2) is 56.6 Å². The molecule has 0 unspecified atom stereocenters. The third-order valence-corrected chi connectivity index (χ3v) is 5.69. The SMILES string of the molecule is COc1ccc(CNC(=O)CN2CCC(NC(=O)c3ccsc3)CC2)cc1OC. The Hall–Kier alpha value is -2.58. The van der Waals surface area contributed by atoms with E-state index in [0.717, 1.165) is 31.5 Å². The number of nitrogens with one attached hydrogen (secondary N) is 2. The van der Waals surface area contributed by atoms with Gasteiger partial charge in [0.25, 0.3) is 5.91 Å². The molecule has 1 aromatic carbocycles. The molecule has 1 saturated heterocycles. The van der Waals surface area contributed by atoms with Crippen molar-refractivity contribution in [1.29, 1.82) is 0 Å². The molecule has 0 saturated carbocycles. The molecule has 0 atom stereocenters. The van der Waals surface area contributed by atoms with E-state index in [-0.39, 0.29) is 17.9 Å². The molecular weight excluding hydrogens is 390 g/mol. The number of piperidine rings is 1. The maximum atomic E-state index is 12.3. The number of carbonyl (C=O) groups excluding carboxylic acids is 2. The van der Waals surface area contributed by atoms with Crippen molar-refractivity contribution >= 4 is 23.2 Å². The summed E-state index contributed by atoms with van der Waals surface area (Å²) in [6.07, 6.45) is 1.69. The molecular formula is C21H27N3O4S. The van der Waals surface area contributed by atoms with Crippen molar-refractivity contribution in [2.24, 2.45) is 0 Å². The highest BCUT2D eigenvalue weighted by Crippen LogP contribution is 2.27. The van der Waals surface area contributed by atoms with Crippen LogP contribution >= 0.6 is 11.3 Å². The van der Waals surface area contributed by atoms with Crippen LogP contribution in [0.5, 0.6) is 11.5 Å². The molecule has 1 aliphatic heterocycles. The second-order valence-electron chi connectivity index (χ2n) is 7.00. The van der Waals surface area contributed by atoms with Gasteiger partial charge in [0.2, 0.25) is 5.91 Å². The van der Waals surface area contributed by atoms with Gasteiger partial charge in [0.05, 0.1) is 20.8 Å². The Morgan fingerprint density at radius 2 is 1.90 bits per heavy atom. The first-order valence-corrected chi connectivity index (χ1v) is 10.6. The zero-order chi connectivity index (χ0) is 20.6.